The Hall–Kier alpha value is -4.01. The SMILES string of the molecule is CC(Cn1c(CN2CC[C@H](Oc3ccnc(COc4ncc(Cl)cc4F)n3)C[C@@H]2C)nc2ccc(C(=O)O)cc21)OC(F)F. The van der Waals surface area contributed by atoms with Crippen LogP contribution in [0.2, 0.25) is 5.02 Å². The second kappa shape index (κ2) is 13.7. The summed E-state index contributed by atoms with van der Waals surface area (Å²) < 4.78 is 57.7. The molecule has 4 heterocycles. The van der Waals surface area contributed by atoms with Crippen LogP contribution in [-0.2, 0) is 24.4 Å². The number of aromatic nitrogens is 5. The van der Waals surface area contributed by atoms with Gasteiger partial charge in [0.2, 0.25) is 5.88 Å². The fraction of sp³-hybridized carbons (Fsp3) is 0.414. The van der Waals surface area contributed by atoms with Crippen molar-refractivity contribution in [2.24, 2.45) is 0 Å². The third-order valence-corrected chi connectivity index (χ3v) is 7.45. The van der Waals surface area contributed by atoms with Crippen molar-refractivity contribution in [2.75, 3.05) is 6.54 Å². The van der Waals surface area contributed by atoms with Crippen molar-refractivity contribution in [3.63, 3.8) is 0 Å². The topological polar surface area (TPSA) is 125 Å². The summed E-state index contributed by atoms with van der Waals surface area (Å²) in [6, 6.07) is 7.38. The van der Waals surface area contributed by atoms with Crippen LogP contribution < -0.4 is 9.47 Å². The molecule has 1 aliphatic rings. The number of rotatable bonds is 12. The van der Waals surface area contributed by atoms with E-state index in [9.17, 15) is 23.1 Å². The lowest BCUT2D eigenvalue weighted by Crippen LogP contribution is -2.44. The zero-order valence-corrected chi connectivity index (χ0v) is 24.6. The number of aromatic carboxylic acids is 1. The number of nitrogens with zero attached hydrogens (tertiary/aromatic N) is 6. The van der Waals surface area contributed by atoms with Crippen molar-refractivity contribution in [3.05, 3.63) is 70.8 Å². The normalized spacial score (nSPS) is 18.1. The van der Waals surface area contributed by atoms with Gasteiger partial charge in [0.25, 0.3) is 5.88 Å². The van der Waals surface area contributed by atoms with Crippen molar-refractivity contribution in [3.8, 4) is 11.8 Å². The van der Waals surface area contributed by atoms with Crippen LogP contribution in [0.4, 0.5) is 13.2 Å². The number of pyridine rings is 1. The van der Waals surface area contributed by atoms with Crippen molar-refractivity contribution in [1.82, 2.24) is 29.4 Å². The molecule has 15 heteroatoms. The monoisotopic (exact) mass is 634 g/mol. The quantitative estimate of drug-likeness (QED) is 0.218. The maximum absolute atomic E-state index is 14.0. The molecule has 0 bridgehead atoms. The van der Waals surface area contributed by atoms with Gasteiger partial charge in [-0.2, -0.15) is 13.8 Å². The predicted molar refractivity (Wildman–Crippen MR) is 152 cm³/mol. The maximum atomic E-state index is 14.0. The smallest absolute Gasteiger partial charge is 0.345 e. The zero-order valence-electron chi connectivity index (χ0n) is 23.9. The standard InChI is InChI=1S/C29H30ClF3N6O5/c1-16-9-20(44-26-5-7-34-24(37-26)15-42-27-21(31)11-19(30)12-35-27)6-8-38(16)14-25-36-22-4-3-18(28(40)41)10-23(22)39(25)13-17(2)43-29(32)33/h3-5,7,10-12,16-17,20,29H,6,8-9,13-15H2,1-2H3,(H,40,41)/t16-,17?,20-/m0/s1. The Bertz CT molecular complexity index is 1630. The summed E-state index contributed by atoms with van der Waals surface area (Å²) in [7, 11) is 0. The Morgan fingerprint density at radius 2 is 2.02 bits per heavy atom. The van der Waals surface area contributed by atoms with Crippen LogP contribution in [0.25, 0.3) is 11.0 Å². The summed E-state index contributed by atoms with van der Waals surface area (Å²) in [5.74, 6) is -0.730. The van der Waals surface area contributed by atoms with Gasteiger partial charge in [0.05, 0.1) is 40.8 Å². The maximum Gasteiger partial charge on any atom is 0.345 e. The highest BCUT2D eigenvalue weighted by atomic mass is 35.5. The Kier molecular flexibility index (Phi) is 9.81. The van der Waals surface area contributed by atoms with E-state index >= 15 is 0 Å². The second-order valence-corrected chi connectivity index (χ2v) is 10.9. The number of alkyl halides is 2. The van der Waals surface area contributed by atoms with Crippen molar-refractivity contribution < 1.29 is 37.3 Å². The number of hydrogen-bond donors (Lipinski definition) is 1. The lowest BCUT2D eigenvalue weighted by Gasteiger charge is -2.37. The molecule has 11 nitrogen and oxygen atoms in total. The molecular formula is C29H30ClF3N6O5. The van der Waals surface area contributed by atoms with E-state index in [0.29, 0.717) is 54.5 Å². The van der Waals surface area contributed by atoms with Gasteiger partial charge in [0.15, 0.2) is 11.6 Å². The molecule has 234 valence electrons. The number of likely N-dealkylation sites (tertiary alicyclic amines) is 1. The van der Waals surface area contributed by atoms with Gasteiger partial charge < -0.3 is 23.9 Å². The molecule has 1 unspecified atom stereocenters. The first-order valence-electron chi connectivity index (χ1n) is 13.9. The van der Waals surface area contributed by atoms with Crippen molar-refractivity contribution in [2.45, 2.75) is 71.2 Å². The summed E-state index contributed by atoms with van der Waals surface area (Å²) in [5.41, 5.74) is 1.18. The van der Waals surface area contributed by atoms with E-state index in [0.717, 1.165) is 6.07 Å². The van der Waals surface area contributed by atoms with E-state index in [-0.39, 0.29) is 41.8 Å². The average molecular weight is 635 g/mol. The lowest BCUT2D eigenvalue weighted by molar-refractivity contribution is -0.160. The van der Waals surface area contributed by atoms with Gasteiger partial charge in [-0.05, 0) is 51.0 Å². The molecule has 0 spiro atoms. The number of halogens is 4. The molecule has 1 aromatic carbocycles. The number of piperidine rings is 1. The number of benzene rings is 1. The molecule has 3 aromatic heterocycles. The van der Waals surface area contributed by atoms with E-state index < -0.39 is 24.5 Å². The van der Waals surface area contributed by atoms with Gasteiger partial charge in [-0.25, -0.2) is 24.1 Å². The molecule has 5 rings (SSSR count). The minimum Gasteiger partial charge on any atom is -0.478 e. The van der Waals surface area contributed by atoms with E-state index in [1.165, 1.54) is 31.5 Å². The Morgan fingerprint density at radius 3 is 2.75 bits per heavy atom. The van der Waals surface area contributed by atoms with E-state index in [1.807, 2.05) is 0 Å². The molecule has 1 aliphatic heterocycles. The summed E-state index contributed by atoms with van der Waals surface area (Å²) in [6.07, 6.45) is 3.18. The average Bonchev–Trinajstić information content (AvgIpc) is 3.29. The molecule has 44 heavy (non-hydrogen) atoms. The molecule has 0 radical (unpaired) electrons. The minimum atomic E-state index is -2.93. The number of carboxylic acid groups (broad SMARTS) is 1. The first kappa shape index (κ1) is 31.4. The van der Waals surface area contributed by atoms with Crippen molar-refractivity contribution in [1.29, 1.82) is 0 Å². The van der Waals surface area contributed by atoms with E-state index in [2.05, 4.69) is 31.5 Å². The summed E-state index contributed by atoms with van der Waals surface area (Å²) in [6.45, 7) is 1.68. The third kappa shape index (κ3) is 7.73. The van der Waals surface area contributed by atoms with Gasteiger partial charge in [-0.1, -0.05) is 11.6 Å². The molecule has 1 N–H and O–H groups in total. The van der Waals surface area contributed by atoms with Crippen LogP contribution >= 0.6 is 11.6 Å². The van der Waals surface area contributed by atoms with Crippen molar-refractivity contribution >= 4 is 28.6 Å². The molecule has 0 aliphatic carbocycles. The first-order chi connectivity index (χ1) is 21.0. The molecular weight excluding hydrogens is 605 g/mol. The van der Waals surface area contributed by atoms with Crippen LogP contribution in [-0.4, -0.2) is 71.9 Å². The number of imidazole rings is 1. The predicted octanol–water partition coefficient (Wildman–Crippen LogP) is 5.35. The summed E-state index contributed by atoms with van der Waals surface area (Å²) in [4.78, 5) is 30.8. The zero-order chi connectivity index (χ0) is 31.4. The summed E-state index contributed by atoms with van der Waals surface area (Å²) in [5, 5.41) is 9.63. The van der Waals surface area contributed by atoms with Gasteiger partial charge in [0.1, 0.15) is 18.5 Å². The molecule has 3 atom stereocenters. The minimum absolute atomic E-state index is 0.0647. The number of hydrogen-bond acceptors (Lipinski definition) is 9. The number of ether oxygens (including phenoxy) is 3. The van der Waals surface area contributed by atoms with Crippen LogP contribution in [0.3, 0.4) is 0 Å². The molecule has 0 saturated carbocycles. The van der Waals surface area contributed by atoms with E-state index in [1.54, 1.807) is 16.7 Å². The second-order valence-electron chi connectivity index (χ2n) is 10.5. The summed E-state index contributed by atoms with van der Waals surface area (Å²) >= 11 is 5.73. The number of carboxylic acids is 1. The fourth-order valence-electron chi connectivity index (χ4n) is 5.13. The molecule has 1 saturated heterocycles. The number of fused-ring (bicyclic) bond motifs is 1. The van der Waals surface area contributed by atoms with Crippen LogP contribution in [0.1, 0.15) is 48.7 Å². The molecule has 1 fully saturated rings. The third-order valence-electron chi connectivity index (χ3n) is 7.24. The van der Waals surface area contributed by atoms with Gasteiger partial charge >= 0.3 is 12.6 Å². The van der Waals surface area contributed by atoms with Crippen LogP contribution in [0.15, 0.2) is 42.7 Å². The van der Waals surface area contributed by atoms with Crippen LogP contribution in [0.5, 0.6) is 11.8 Å². The van der Waals surface area contributed by atoms with Gasteiger partial charge in [0, 0.05) is 31.0 Å². The highest BCUT2D eigenvalue weighted by Gasteiger charge is 2.29. The molecule has 0 amide bonds. The number of carbonyl (C=O) groups is 1. The Labute approximate surface area is 255 Å². The largest absolute Gasteiger partial charge is 0.478 e. The fourth-order valence-corrected chi connectivity index (χ4v) is 5.28. The van der Waals surface area contributed by atoms with Gasteiger partial charge in [-0.3, -0.25) is 4.90 Å². The highest BCUT2D eigenvalue weighted by molar-refractivity contribution is 6.30. The lowest BCUT2D eigenvalue weighted by atomic mass is 10.0. The van der Waals surface area contributed by atoms with Crippen LogP contribution in [0, 0.1) is 5.82 Å². The van der Waals surface area contributed by atoms with E-state index in [4.69, 9.17) is 26.1 Å². The Balaban J connectivity index is 1.23. The highest BCUT2D eigenvalue weighted by Crippen LogP contribution is 2.26. The molecule has 4 aromatic rings. The van der Waals surface area contributed by atoms with Gasteiger partial charge in [-0.15, -0.1) is 0 Å². The first-order valence-corrected chi connectivity index (χ1v) is 14.3. The Morgan fingerprint density at radius 1 is 1.20 bits per heavy atom.